The molecular formula is C15H17ClN2O3. The molecule has 1 saturated carbocycles. The van der Waals surface area contributed by atoms with Crippen LogP contribution in [0.3, 0.4) is 0 Å². The summed E-state index contributed by atoms with van der Waals surface area (Å²) in [6.07, 6.45) is 6.09. The number of carbonyl (C=O) groups is 2. The molecule has 0 bridgehead atoms. The van der Waals surface area contributed by atoms with Crippen LogP contribution in [-0.4, -0.2) is 39.0 Å². The van der Waals surface area contributed by atoms with E-state index >= 15 is 0 Å². The van der Waals surface area contributed by atoms with Crippen LogP contribution in [0.15, 0.2) is 18.3 Å². The van der Waals surface area contributed by atoms with Crippen molar-refractivity contribution in [3.63, 3.8) is 0 Å². The van der Waals surface area contributed by atoms with E-state index in [-0.39, 0.29) is 22.7 Å². The number of carboxylic acids is 1. The zero-order valence-electron chi connectivity index (χ0n) is 11.5. The number of pyridine rings is 1. The van der Waals surface area contributed by atoms with Gasteiger partial charge in [-0.3, -0.25) is 4.79 Å². The van der Waals surface area contributed by atoms with E-state index < -0.39 is 12.0 Å². The fourth-order valence-electron chi connectivity index (χ4n) is 3.66. The lowest BCUT2D eigenvalue weighted by atomic mass is 9.84. The summed E-state index contributed by atoms with van der Waals surface area (Å²) < 4.78 is 0. The van der Waals surface area contributed by atoms with Crippen molar-refractivity contribution < 1.29 is 14.7 Å². The number of amides is 1. The van der Waals surface area contributed by atoms with Crippen LogP contribution in [0.25, 0.3) is 0 Å². The van der Waals surface area contributed by atoms with E-state index in [0.29, 0.717) is 12.3 Å². The first-order valence-electron chi connectivity index (χ1n) is 7.25. The quantitative estimate of drug-likeness (QED) is 0.853. The van der Waals surface area contributed by atoms with Crippen molar-refractivity contribution in [1.82, 2.24) is 9.88 Å². The Morgan fingerprint density at radius 3 is 2.81 bits per heavy atom. The van der Waals surface area contributed by atoms with Crippen molar-refractivity contribution in [3.05, 3.63) is 29.0 Å². The van der Waals surface area contributed by atoms with Crippen molar-refractivity contribution >= 4 is 23.5 Å². The molecule has 0 aromatic carbocycles. The first kappa shape index (κ1) is 14.3. The van der Waals surface area contributed by atoms with Crippen LogP contribution in [0.4, 0.5) is 0 Å². The lowest BCUT2D eigenvalue weighted by Crippen LogP contribution is -2.46. The Labute approximate surface area is 127 Å². The summed E-state index contributed by atoms with van der Waals surface area (Å²) >= 11 is 5.99. The van der Waals surface area contributed by atoms with Crippen LogP contribution in [0.5, 0.6) is 0 Å². The van der Waals surface area contributed by atoms with Crippen molar-refractivity contribution in [2.45, 2.75) is 44.2 Å². The van der Waals surface area contributed by atoms with Crippen LogP contribution in [0, 0.1) is 5.92 Å². The summed E-state index contributed by atoms with van der Waals surface area (Å²) in [5.41, 5.74) is 0.289. The molecule has 3 atom stereocenters. The molecule has 21 heavy (non-hydrogen) atoms. The number of likely N-dealkylation sites (tertiary alicyclic amines) is 1. The smallest absolute Gasteiger partial charge is 0.326 e. The summed E-state index contributed by atoms with van der Waals surface area (Å²) in [4.78, 5) is 29.8. The van der Waals surface area contributed by atoms with Gasteiger partial charge in [0.25, 0.3) is 5.91 Å². The maximum absolute atomic E-state index is 12.8. The normalized spacial score (nSPS) is 28.2. The highest BCUT2D eigenvalue weighted by Crippen LogP contribution is 2.40. The summed E-state index contributed by atoms with van der Waals surface area (Å²) in [5.74, 6) is -0.952. The molecule has 6 heteroatoms. The van der Waals surface area contributed by atoms with Gasteiger partial charge >= 0.3 is 5.97 Å². The number of fused-ring (bicyclic) bond motifs is 1. The predicted molar refractivity (Wildman–Crippen MR) is 77.2 cm³/mol. The molecule has 1 aliphatic carbocycles. The largest absolute Gasteiger partial charge is 0.480 e. The van der Waals surface area contributed by atoms with Gasteiger partial charge in [0.05, 0.1) is 5.56 Å². The number of halogens is 1. The van der Waals surface area contributed by atoms with Gasteiger partial charge in [-0.1, -0.05) is 24.4 Å². The fourth-order valence-corrected chi connectivity index (χ4v) is 3.86. The number of aromatic nitrogens is 1. The first-order valence-corrected chi connectivity index (χ1v) is 7.63. The molecule has 3 rings (SSSR count). The van der Waals surface area contributed by atoms with Crippen molar-refractivity contribution in [1.29, 1.82) is 0 Å². The molecule has 0 spiro atoms. The van der Waals surface area contributed by atoms with Gasteiger partial charge in [0.2, 0.25) is 0 Å². The van der Waals surface area contributed by atoms with E-state index in [2.05, 4.69) is 4.98 Å². The molecule has 2 aliphatic rings. The van der Waals surface area contributed by atoms with E-state index in [4.69, 9.17) is 11.6 Å². The number of carboxylic acid groups (broad SMARTS) is 1. The third-order valence-electron chi connectivity index (χ3n) is 4.60. The zero-order valence-corrected chi connectivity index (χ0v) is 12.3. The second-order valence-corrected chi connectivity index (χ2v) is 6.11. The van der Waals surface area contributed by atoms with Gasteiger partial charge in [-0.2, -0.15) is 0 Å². The number of carbonyl (C=O) groups excluding carboxylic acids is 1. The first-order chi connectivity index (χ1) is 10.1. The minimum absolute atomic E-state index is 0.0172. The molecular weight excluding hydrogens is 292 g/mol. The summed E-state index contributed by atoms with van der Waals surface area (Å²) in [5, 5.41) is 9.58. The van der Waals surface area contributed by atoms with Crippen molar-refractivity contribution in [2.75, 3.05) is 0 Å². The van der Waals surface area contributed by atoms with Gasteiger partial charge in [0, 0.05) is 12.2 Å². The van der Waals surface area contributed by atoms with Gasteiger partial charge in [-0.25, -0.2) is 9.78 Å². The summed E-state index contributed by atoms with van der Waals surface area (Å²) in [7, 11) is 0. The Hall–Kier alpha value is -1.62. The lowest BCUT2D eigenvalue weighted by Gasteiger charge is -2.33. The number of aliphatic carboxylic acids is 1. The van der Waals surface area contributed by atoms with Gasteiger partial charge < -0.3 is 10.0 Å². The highest BCUT2D eigenvalue weighted by atomic mass is 35.5. The maximum Gasteiger partial charge on any atom is 0.326 e. The number of hydrogen-bond acceptors (Lipinski definition) is 3. The minimum atomic E-state index is -0.933. The Kier molecular flexibility index (Phi) is 3.85. The van der Waals surface area contributed by atoms with Crippen LogP contribution in [-0.2, 0) is 4.79 Å². The highest BCUT2D eigenvalue weighted by molar-refractivity contribution is 6.32. The maximum atomic E-state index is 12.8. The average Bonchev–Trinajstić information content (AvgIpc) is 2.86. The number of hydrogen-bond donors (Lipinski definition) is 1. The standard InChI is InChI=1S/C15H17ClN2O3/c16-13-10(5-3-7-17-13)14(19)18-11-6-2-1-4-9(11)8-12(18)15(20)21/h3,5,7,9,11-12H,1-2,4,6,8H2,(H,20,21)/t9-,11+,12+/m1/s1. The fraction of sp³-hybridized carbons (Fsp3) is 0.533. The Morgan fingerprint density at radius 1 is 1.33 bits per heavy atom. The zero-order chi connectivity index (χ0) is 15.0. The molecule has 0 unspecified atom stereocenters. The van der Waals surface area contributed by atoms with Gasteiger partial charge in [0.15, 0.2) is 0 Å². The van der Waals surface area contributed by atoms with E-state index in [1.807, 2.05) is 0 Å². The number of rotatable bonds is 2. The third-order valence-corrected chi connectivity index (χ3v) is 4.90. The monoisotopic (exact) mass is 308 g/mol. The van der Waals surface area contributed by atoms with Gasteiger partial charge in [0.1, 0.15) is 11.2 Å². The molecule has 1 aromatic rings. The molecule has 1 aromatic heterocycles. The van der Waals surface area contributed by atoms with E-state index in [1.54, 1.807) is 12.1 Å². The summed E-state index contributed by atoms with van der Waals surface area (Å²) in [6.45, 7) is 0. The van der Waals surface area contributed by atoms with Crippen molar-refractivity contribution in [2.24, 2.45) is 5.92 Å². The van der Waals surface area contributed by atoms with E-state index in [0.717, 1.165) is 25.7 Å². The van der Waals surface area contributed by atoms with Crippen molar-refractivity contribution in [3.8, 4) is 0 Å². The topological polar surface area (TPSA) is 70.5 Å². The Bertz CT molecular complexity index is 578. The van der Waals surface area contributed by atoms with Gasteiger partial charge in [-0.05, 0) is 37.3 Å². The SMILES string of the molecule is O=C(O)[C@@H]1C[C@H]2CCCC[C@@H]2N1C(=O)c1cccnc1Cl. The molecule has 1 saturated heterocycles. The summed E-state index contributed by atoms with van der Waals surface area (Å²) in [6, 6.07) is 2.52. The molecule has 1 N–H and O–H groups in total. The van der Waals surface area contributed by atoms with E-state index in [1.165, 1.54) is 11.1 Å². The van der Waals surface area contributed by atoms with Crippen LogP contribution in [0.2, 0.25) is 5.15 Å². The molecule has 5 nitrogen and oxygen atoms in total. The second kappa shape index (κ2) is 5.64. The van der Waals surface area contributed by atoms with Crippen LogP contribution in [0.1, 0.15) is 42.5 Å². The van der Waals surface area contributed by atoms with Crippen LogP contribution < -0.4 is 0 Å². The second-order valence-electron chi connectivity index (χ2n) is 5.76. The average molecular weight is 309 g/mol. The molecule has 112 valence electrons. The molecule has 2 fully saturated rings. The lowest BCUT2D eigenvalue weighted by molar-refractivity contribution is -0.141. The molecule has 1 amide bonds. The molecule has 2 heterocycles. The molecule has 1 aliphatic heterocycles. The minimum Gasteiger partial charge on any atom is -0.480 e. The molecule has 0 radical (unpaired) electrons. The van der Waals surface area contributed by atoms with Crippen LogP contribution >= 0.6 is 11.6 Å². The predicted octanol–water partition coefficient (Wildman–Crippen LogP) is 2.59. The Balaban J connectivity index is 1.95. The number of nitrogens with zero attached hydrogens (tertiary/aromatic N) is 2. The third kappa shape index (κ3) is 2.50. The Morgan fingerprint density at radius 2 is 2.10 bits per heavy atom. The van der Waals surface area contributed by atoms with Gasteiger partial charge in [-0.15, -0.1) is 0 Å². The van der Waals surface area contributed by atoms with E-state index in [9.17, 15) is 14.7 Å². The highest BCUT2D eigenvalue weighted by Gasteiger charge is 2.47.